The molecular formula is C9H10N4OS. The summed E-state index contributed by atoms with van der Waals surface area (Å²) in [4.78, 5) is 0. The van der Waals surface area contributed by atoms with Crippen LogP contribution < -0.4 is 0 Å². The maximum absolute atomic E-state index is 9.34. The van der Waals surface area contributed by atoms with Gasteiger partial charge in [0.15, 0.2) is 0 Å². The zero-order valence-electron chi connectivity index (χ0n) is 8.07. The predicted molar refractivity (Wildman–Crippen MR) is 57.0 cm³/mol. The van der Waals surface area contributed by atoms with Crippen molar-refractivity contribution in [3.05, 3.63) is 29.8 Å². The Hall–Kier alpha value is -1.40. The van der Waals surface area contributed by atoms with E-state index in [1.54, 1.807) is 6.92 Å². The first-order valence-electron chi connectivity index (χ1n) is 4.44. The molecule has 0 fully saturated rings. The Morgan fingerprint density at radius 1 is 1.33 bits per heavy atom. The first-order chi connectivity index (χ1) is 7.18. The molecule has 1 heterocycles. The molecule has 0 amide bonds. The normalized spacial score (nSPS) is 12.7. The van der Waals surface area contributed by atoms with Crippen LogP contribution in [0.5, 0.6) is 0 Å². The fourth-order valence-electron chi connectivity index (χ4n) is 1.24. The number of thiol groups is 1. The fraction of sp³-hybridized carbons (Fsp3) is 0.222. The number of hydrogen-bond acceptors (Lipinski definition) is 5. The molecule has 0 spiro atoms. The third kappa shape index (κ3) is 2.00. The smallest absolute Gasteiger partial charge is 0.211 e. The number of aliphatic hydroxyl groups is 1. The third-order valence-corrected chi connectivity index (χ3v) is 2.35. The molecular weight excluding hydrogens is 212 g/mol. The second-order valence-electron chi connectivity index (χ2n) is 3.16. The zero-order valence-corrected chi connectivity index (χ0v) is 8.96. The standard InChI is InChI=1S/C9H10N4OS/c1-6(14)7-2-4-8(5-3-7)13-9(15)10-11-12-13/h2-6,14H,1H3,(H,10,12,15). The van der Waals surface area contributed by atoms with Gasteiger partial charge in [0.1, 0.15) is 0 Å². The van der Waals surface area contributed by atoms with Crippen LogP contribution in [-0.4, -0.2) is 25.3 Å². The Balaban J connectivity index is 2.36. The quantitative estimate of drug-likeness (QED) is 0.744. The average molecular weight is 222 g/mol. The summed E-state index contributed by atoms with van der Waals surface area (Å²) in [5.74, 6) is 0. The summed E-state index contributed by atoms with van der Waals surface area (Å²) >= 11 is 4.10. The molecule has 2 aromatic rings. The van der Waals surface area contributed by atoms with Crippen LogP contribution in [0.15, 0.2) is 29.4 Å². The van der Waals surface area contributed by atoms with Crippen LogP contribution in [0.25, 0.3) is 5.69 Å². The SMILES string of the molecule is CC(O)c1ccc(-n2nnnc2S)cc1. The molecule has 1 unspecified atom stereocenters. The molecule has 1 N–H and O–H groups in total. The van der Waals surface area contributed by atoms with Crippen molar-refractivity contribution in [2.24, 2.45) is 0 Å². The Bertz CT molecular complexity index is 451. The molecule has 0 radical (unpaired) electrons. The van der Waals surface area contributed by atoms with E-state index in [2.05, 4.69) is 28.2 Å². The van der Waals surface area contributed by atoms with Crippen molar-refractivity contribution in [2.75, 3.05) is 0 Å². The second kappa shape index (κ2) is 4.00. The topological polar surface area (TPSA) is 63.8 Å². The van der Waals surface area contributed by atoms with Gasteiger partial charge in [0.25, 0.3) is 0 Å². The minimum Gasteiger partial charge on any atom is -0.389 e. The molecule has 1 aromatic heterocycles. The minimum atomic E-state index is -0.469. The maximum Gasteiger partial charge on any atom is 0.211 e. The Labute approximate surface area is 92.2 Å². The Kier molecular flexibility index (Phi) is 2.70. The lowest BCUT2D eigenvalue weighted by Crippen LogP contribution is -1.98. The average Bonchev–Trinajstić information content (AvgIpc) is 2.65. The number of nitrogens with zero attached hydrogens (tertiary/aromatic N) is 4. The highest BCUT2D eigenvalue weighted by Gasteiger charge is 2.05. The summed E-state index contributed by atoms with van der Waals surface area (Å²) in [6.45, 7) is 1.72. The fourth-order valence-corrected chi connectivity index (χ4v) is 1.44. The lowest BCUT2D eigenvalue weighted by Gasteiger charge is -2.05. The lowest BCUT2D eigenvalue weighted by molar-refractivity contribution is 0.199. The molecule has 0 aliphatic rings. The highest BCUT2D eigenvalue weighted by atomic mass is 32.1. The number of tetrazole rings is 1. The van der Waals surface area contributed by atoms with Crippen LogP contribution in [0, 0.1) is 0 Å². The molecule has 6 heteroatoms. The molecule has 78 valence electrons. The van der Waals surface area contributed by atoms with Crippen LogP contribution in [0.3, 0.4) is 0 Å². The van der Waals surface area contributed by atoms with Crippen molar-refractivity contribution in [1.29, 1.82) is 0 Å². The molecule has 1 aromatic carbocycles. The highest BCUT2D eigenvalue weighted by molar-refractivity contribution is 7.80. The minimum absolute atomic E-state index is 0.430. The van der Waals surface area contributed by atoms with Gasteiger partial charge in [-0.2, -0.15) is 4.68 Å². The molecule has 15 heavy (non-hydrogen) atoms. The molecule has 1 atom stereocenters. The van der Waals surface area contributed by atoms with Gasteiger partial charge in [0.05, 0.1) is 11.8 Å². The van der Waals surface area contributed by atoms with E-state index in [4.69, 9.17) is 0 Å². The van der Waals surface area contributed by atoms with E-state index in [1.165, 1.54) is 4.68 Å². The van der Waals surface area contributed by atoms with E-state index in [9.17, 15) is 5.11 Å². The first kappa shape index (κ1) is 10.1. The van der Waals surface area contributed by atoms with Crippen molar-refractivity contribution < 1.29 is 5.11 Å². The van der Waals surface area contributed by atoms with Gasteiger partial charge in [-0.1, -0.05) is 12.1 Å². The summed E-state index contributed by atoms with van der Waals surface area (Å²) in [7, 11) is 0. The van der Waals surface area contributed by atoms with Crippen LogP contribution in [0.1, 0.15) is 18.6 Å². The number of benzene rings is 1. The number of aliphatic hydroxyl groups excluding tert-OH is 1. The van der Waals surface area contributed by atoms with E-state index in [0.717, 1.165) is 11.3 Å². The molecule has 5 nitrogen and oxygen atoms in total. The van der Waals surface area contributed by atoms with Gasteiger partial charge in [0, 0.05) is 0 Å². The molecule has 2 rings (SSSR count). The van der Waals surface area contributed by atoms with E-state index >= 15 is 0 Å². The van der Waals surface area contributed by atoms with Crippen LogP contribution >= 0.6 is 12.6 Å². The van der Waals surface area contributed by atoms with Crippen molar-refractivity contribution in [3.8, 4) is 5.69 Å². The summed E-state index contributed by atoms with van der Waals surface area (Å²) in [5.41, 5.74) is 1.67. The lowest BCUT2D eigenvalue weighted by atomic mass is 10.1. The maximum atomic E-state index is 9.34. The zero-order chi connectivity index (χ0) is 10.8. The van der Waals surface area contributed by atoms with E-state index in [1.807, 2.05) is 24.3 Å². The summed E-state index contributed by atoms with van der Waals surface area (Å²) in [5, 5.41) is 20.7. The van der Waals surface area contributed by atoms with Crippen molar-refractivity contribution >= 4 is 12.6 Å². The largest absolute Gasteiger partial charge is 0.389 e. The number of aromatic nitrogens is 4. The van der Waals surface area contributed by atoms with Crippen LogP contribution in [-0.2, 0) is 0 Å². The van der Waals surface area contributed by atoms with Gasteiger partial charge in [-0.25, -0.2) is 0 Å². The van der Waals surface area contributed by atoms with Gasteiger partial charge in [-0.05, 0) is 35.0 Å². The molecule has 0 bridgehead atoms. The summed E-state index contributed by atoms with van der Waals surface area (Å²) in [6, 6.07) is 7.32. The summed E-state index contributed by atoms with van der Waals surface area (Å²) < 4.78 is 1.51. The van der Waals surface area contributed by atoms with E-state index < -0.39 is 6.10 Å². The molecule has 0 aliphatic heterocycles. The molecule has 0 saturated carbocycles. The van der Waals surface area contributed by atoms with Gasteiger partial charge in [-0.15, -0.1) is 17.7 Å². The first-order valence-corrected chi connectivity index (χ1v) is 4.89. The van der Waals surface area contributed by atoms with Crippen molar-refractivity contribution in [1.82, 2.24) is 20.2 Å². The van der Waals surface area contributed by atoms with Crippen LogP contribution in [0.2, 0.25) is 0 Å². The van der Waals surface area contributed by atoms with Gasteiger partial charge >= 0.3 is 0 Å². The summed E-state index contributed by atoms with van der Waals surface area (Å²) in [6.07, 6.45) is -0.469. The third-order valence-electron chi connectivity index (χ3n) is 2.07. The molecule has 0 aliphatic carbocycles. The van der Waals surface area contributed by atoms with E-state index in [-0.39, 0.29) is 0 Å². The number of rotatable bonds is 2. The van der Waals surface area contributed by atoms with Crippen molar-refractivity contribution in [2.45, 2.75) is 18.2 Å². The number of hydrogen-bond donors (Lipinski definition) is 2. The Morgan fingerprint density at radius 2 is 2.00 bits per heavy atom. The van der Waals surface area contributed by atoms with E-state index in [0.29, 0.717) is 5.16 Å². The monoisotopic (exact) mass is 222 g/mol. The molecule has 0 saturated heterocycles. The second-order valence-corrected chi connectivity index (χ2v) is 3.56. The Morgan fingerprint density at radius 3 is 2.47 bits per heavy atom. The van der Waals surface area contributed by atoms with Gasteiger partial charge in [-0.3, -0.25) is 0 Å². The predicted octanol–water partition coefficient (Wildman–Crippen LogP) is 1.00. The highest BCUT2D eigenvalue weighted by Crippen LogP contribution is 2.15. The van der Waals surface area contributed by atoms with Crippen LogP contribution in [0.4, 0.5) is 0 Å². The van der Waals surface area contributed by atoms with Gasteiger partial charge < -0.3 is 5.11 Å². The van der Waals surface area contributed by atoms with Crippen molar-refractivity contribution in [3.63, 3.8) is 0 Å². The van der Waals surface area contributed by atoms with Gasteiger partial charge in [0.2, 0.25) is 5.16 Å².